The van der Waals surface area contributed by atoms with Gasteiger partial charge in [0.1, 0.15) is 5.75 Å². The van der Waals surface area contributed by atoms with Crippen LogP contribution in [0.5, 0.6) is 5.75 Å². The third-order valence-electron chi connectivity index (χ3n) is 6.21. The number of hydrogen-bond donors (Lipinski definition) is 1. The van der Waals surface area contributed by atoms with Crippen molar-refractivity contribution in [1.29, 1.82) is 0 Å². The summed E-state index contributed by atoms with van der Waals surface area (Å²) in [4.78, 5) is 10.1. The van der Waals surface area contributed by atoms with Crippen LogP contribution in [0.2, 0.25) is 0 Å². The largest absolute Gasteiger partial charge is 0.496 e. The Labute approximate surface area is 198 Å². The van der Waals surface area contributed by atoms with Gasteiger partial charge < -0.3 is 10.1 Å². The number of nitrogens with one attached hydrogen (secondary N) is 1. The highest BCUT2D eigenvalue weighted by Gasteiger charge is 2.32. The number of thiophene rings is 1. The van der Waals surface area contributed by atoms with Crippen LogP contribution in [0.15, 0.2) is 36.8 Å². The van der Waals surface area contributed by atoms with Crippen molar-refractivity contribution >= 4 is 33.2 Å². The lowest BCUT2D eigenvalue weighted by atomic mass is 9.96. The van der Waals surface area contributed by atoms with E-state index in [2.05, 4.69) is 15.4 Å². The fourth-order valence-corrected chi connectivity index (χ4v) is 5.52. The molecule has 3 heterocycles. The number of aromatic nitrogens is 4. The molecule has 0 radical (unpaired) electrons. The first kappa shape index (κ1) is 22.6. The molecular weight excluding hydrogens is 463 g/mol. The van der Waals surface area contributed by atoms with E-state index in [1.807, 2.05) is 17.8 Å². The van der Waals surface area contributed by atoms with Gasteiger partial charge in [0.15, 0.2) is 0 Å². The molecule has 1 saturated carbocycles. The van der Waals surface area contributed by atoms with Gasteiger partial charge in [-0.2, -0.15) is 18.3 Å². The summed E-state index contributed by atoms with van der Waals surface area (Å²) in [6.45, 7) is 1.92. The minimum Gasteiger partial charge on any atom is -0.496 e. The van der Waals surface area contributed by atoms with Gasteiger partial charge in [0.2, 0.25) is 5.95 Å². The molecule has 0 atom stereocenters. The molecule has 1 aromatic carbocycles. The number of anilines is 2. The van der Waals surface area contributed by atoms with Gasteiger partial charge in [0, 0.05) is 22.2 Å². The number of methoxy groups -OCH3 is 1. The van der Waals surface area contributed by atoms with E-state index < -0.39 is 11.7 Å². The third-order valence-corrected chi connectivity index (χ3v) is 7.24. The SMILES string of the molecule is COc1cc(C(F)(F)F)ccc1-c1c(C)sc2cnc(Nc3cnn(C4CCCCC4)c3)nc12. The molecule has 0 amide bonds. The Morgan fingerprint density at radius 1 is 1.15 bits per heavy atom. The third kappa shape index (κ3) is 4.34. The Hall–Kier alpha value is -3.14. The molecule has 0 bridgehead atoms. The molecule has 1 N–H and O–H groups in total. The van der Waals surface area contributed by atoms with Gasteiger partial charge >= 0.3 is 6.18 Å². The van der Waals surface area contributed by atoms with Crippen molar-refractivity contribution in [3.05, 3.63) is 47.2 Å². The molecule has 0 aliphatic heterocycles. The van der Waals surface area contributed by atoms with E-state index >= 15 is 0 Å². The summed E-state index contributed by atoms with van der Waals surface area (Å²) in [6, 6.07) is 3.96. The molecule has 5 rings (SSSR count). The zero-order chi connectivity index (χ0) is 23.9. The Morgan fingerprint density at radius 3 is 2.68 bits per heavy atom. The molecule has 178 valence electrons. The van der Waals surface area contributed by atoms with Crippen LogP contribution in [0.1, 0.15) is 48.6 Å². The van der Waals surface area contributed by atoms with Crippen LogP contribution in [0.4, 0.5) is 24.8 Å². The minimum absolute atomic E-state index is 0.152. The lowest BCUT2D eigenvalue weighted by Gasteiger charge is -2.21. The summed E-state index contributed by atoms with van der Waals surface area (Å²) in [7, 11) is 1.37. The Bertz CT molecular complexity index is 1320. The zero-order valence-electron chi connectivity index (χ0n) is 18.8. The van der Waals surface area contributed by atoms with Gasteiger partial charge in [0.25, 0.3) is 0 Å². The molecular formula is C24H24F3N5OS. The van der Waals surface area contributed by atoms with E-state index in [1.54, 1.807) is 12.4 Å². The molecule has 0 saturated heterocycles. The maximum Gasteiger partial charge on any atom is 0.416 e. The van der Waals surface area contributed by atoms with Crippen LogP contribution in [0, 0.1) is 6.92 Å². The van der Waals surface area contributed by atoms with E-state index in [0.717, 1.165) is 45.8 Å². The number of rotatable bonds is 5. The number of halogens is 3. The summed E-state index contributed by atoms with van der Waals surface area (Å²) >= 11 is 1.49. The van der Waals surface area contributed by atoms with E-state index in [9.17, 15) is 13.2 Å². The number of hydrogen-bond acceptors (Lipinski definition) is 6. The second-order valence-corrected chi connectivity index (χ2v) is 9.73. The van der Waals surface area contributed by atoms with Crippen LogP contribution < -0.4 is 10.1 Å². The van der Waals surface area contributed by atoms with Crippen molar-refractivity contribution in [2.24, 2.45) is 0 Å². The monoisotopic (exact) mass is 487 g/mol. The summed E-state index contributed by atoms with van der Waals surface area (Å²) in [5.41, 5.74) is 2.02. The Morgan fingerprint density at radius 2 is 1.94 bits per heavy atom. The summed E-state index contributed by atoms with van der Waals surface area (Å²) in [5, 5.41) is 7.73. The van der Waals surface area contributed by atoms with Crippen LogP contribution in [0.25, 0.3) is 21.3 Å². The van der Waals surface area contributed by atoms with Crippen LogP contribution in [-0.4, -0.2) is 26.9 Å². The van der Waals surface area contributed by atoms with Gasteiger partial charge in [-0.3, -0.25) is 4.68 Å². The smallest absolute Gasteiger partial charge is 0.416 e. The highest BCUT2D eigenvalue weighted by molar-refractivity contribution is 7.19. The molecule has 0 spiro atoms. The first-order valence-corrected chi connectivity index (χ1v) is 12.0. The van der Waals surface area contributed by atoms with Crippen molar-refractivity contribution in [1.82, 2.24) is 19.7 Å². The van der Waals surface area contributed by atoms with Crippen molar-refractivity contribution in [3.63, 3.8) is 0 Å². The topological polar surface area (TPSA) is 64.9 Å². The van der Waals surface area contributed by atoms with E-state index in [1.165, 1.54) is 43.8 Å². The second-order valence-electron chi connectivity index (χ2n) is 8.48. The predicted molar refractivity (Wildman–Crippen MR) is 127 cm³/mol. The van der Waals surface area contributed by atoms with Gasteiger partial charge in [-0.25, -0.2) is 9.97 Å². The van der Waals surface area contributed by atoms with E-state index in [0.29, 0.717) is 23.1 Å². The molecule has 6 nitrogen and oxygen atoms in total. The number of alkyl halides is 3. The zero-order valence-corrected chi connectivity index (χ0v) is 19.6. The molecule has 0 unspecified atom stereocenters. The van der Waals surface area contributed by atoms with Crippen molar-refractivity contribution < 1.29 is 17.9 Å². The minimum atomic E-state index is -4.45. The fraction of sp³-hybridized carbons (Fsp3) is 0.375. The number of ether oxygens (including phenoxy) is 1. The summed E-state index contributed by atoms with van der Waals surface area (Å²) in [6.07, 6.45) is 7.02. The van der Waals surface area contributed by atoms with Gasteiger partial charge in [-0.15, -0.1) is 11.3 Å². The van der Waals surface area contributed by atoms with Crippen LogP contribution in [0.3, 0.4) is 0 Å². The molecule has 1 aliphatic carbocycles. The molecule has 1 aliphatic rings. The molecule has 4 aromatic rings. The molecule has 34 heavy (non-hydrogen) atoms. The number of aryl methyl sites for hydroxylation is 1. The average Bonchev–Trinajstić information content (AvgIpc) is 3.42. The maximum absolute atomic E-state index is 13.2. The van der Waals surface area contributed by atoms with Crippen molar-refractivity contribution in [2.45, 2.75) is 51.2 Å². The molecule has 10 heteroatoms. The predicted octanol–water partition coefficient (Wildman–Crippen LogP) is 7.14. The lowest BCUT2D eigenvalue weighted by molar-refractivity contribution is -0.137. The Kier molecular flexibility index (Phi) is 5.93. The Balaban J connectivity index is 1.49. The summed E-state index contributed by atoms with van der Waals surface area (Å²) < 4.78 is 47.8. The average molecular weight is 488 g/mol. The van der Waals surface area contributed by atoms with Gasteiger partial charge in [-0.1, -0.05) is 19.3 Å². The second kappa shape index (κ2) is 8.90. The number of benzene rings is 1. The fourth-order valence-electron chi connectivity index (χ4n) is 4.54. The first-order valence-electron chi connectivity index (χ1n) is 11.2. The normalized spacial score (nSPS) is 15.1. The van der Waals surface area contributed by atoms with Gasteiger partial charge in [0.05, 0.1) is 47.0 Å². The van der Waals surface area contributed by atoms with Crippen LogP contribution in [-0.2, 0) is 6.18 Å². The molecule has 3 aromatic heterocycles. The first-order chi connectivity index (χ1) is 16.3. The van der Waals surface area contributed by atoms with Crippen LogP contribution >= 0.6 is 11.3 Å². The highest BCUT2D eigenvalue weighted by Crippen LogP contribution is 2.43. The number of nitrogens with zero attached hydrogens (tertiary/aromatic N) is 4. The van der Waals surface area contributed by atoms with E-state index in [4.69, 9.17) is 9.72 Å². The maximum atomic E-state index is 13.2. The van der Waals surface area contributed by atoms with Crippen molar-refractivity contribution in [2.75, 3.05) is 12.4 Å². The standard InChI is InChI=1S/C24H24F3N5OS/c1-14-21(18-9-8-15(24(25,26)27)10-19(18)33-2)22-20(34-14)12-28-23(31-22)30-16-11-29-32(13-16)17-6-4-3-5-7-17/h8-13,17H,3-7H2,1-2H3,(H,28,30,31). The van der Waals surface area contributed by atoms with Gasteiger partial charge in [-0.05, 0) is 38.0 Å². The number of fused-ring (bicyclic) bond motifs is 1. The molecule has 1 fully saturated rings. The van der Waals surface area contributed by atoms with Crippen molar-refractivity contribution in [3.8, 4) is 16.9 Å². The lowest BCUT2D eigenvalue weighted by Crippen LogP contribution is -2.12. The van der Waals surface area contributed by atoms with E-state index in [-0.39, 0.29) is 5.75 Å². The highest BCUT2D eigenvalue weighted by atomic mass is 32.1. The quantitative estimate of drug-likeness (QED) is 0.324. The summed E-state index contributed by atoms with van der Waals surface area (Å²) in [5.74, 6) is 0.556.